The Kier molecular flexibility index (Phi) is 3.88. The van der Waals surface area contributed by atoms with Crippen LogP contribution in [0.3, 0.4) is 0 Å². The van der Waals surface area contributed by atoms with E-state index >= 15 is 0 Å². The highest BCUT2D eigenvalue weighted by Crippen LogP contribution is 2.28. The van der Waals surface area contributed by atoms with Gasteiger partial charge < -0.3 is 10.0 Å². The van der Waals surface area contributed by atoms with Crippen molar-refractivity contribution in [2.45, 2.75) is 19.8 Å². The van der Waals surface area contributed by atoms with Crippen molar-refractivity contribution < 1.29 is 9.90 Å². The molecule has 4 nitrogen and oxygen atoms in total. The fourth-order valence-electron chi connectivity index (χ4n) is 3.48. The second kappa shape index (κ2) is 6.20. The number of benzene rings is 2. The molecule has 0 aliphatic carbocycles. The van der Waals surface area contributed by atoms with Gasteiger partial charge in [-0.25, -0.2) is 9.78 Å². The number of anilines is 1. The van der Waals surface area contributed by atoms with Crippen LogP contribution in [0, 0.1) is 6.92 Å². The third-order valence-electron chi connectivity index (χ3n) is 4.83. The van der Waals surface area contributed by atoms with Crippen LogP contribution in [0.1, 0.15) is 28.8 Å². The normalized spacial score (nSPS) is 14.2. The maximum absolute atomic E-state index is 11.7. The molecule has 3 aromatic rings. The van der Waals surface area contributed by atoms with Gasteiger partial charge in [0.25, 0.3) is 0 Å². The molecule has 0 spiro atoms. The van der Waals surface area contributed by atoms with E-state index in [1.165, 1.54) is 18.5 Å². The highest BCUT2D eigenvalue weighted by atomic mass is 16.4. The summed E-state index contributed by atoms with van der Waals surface area (Å²) in [6.07, 6.45) is 2.49. The summed E-state index contributed by atoms with van der Waals surface area (Å²) in [5.74, 6) is -0.923. The van der Waals surface area contributed by atoms with Crippen LogP contribution in [-0.4, -0.2) is 29.1 Å². The molecule has 2 heterocycles. The van der Waals surface area contributed by atoms with Crippen molar-refractivity contribution >= 4 is 22.6 Å². The average molecular weight is 332 g/mol. The largest absolute Gasteiger partial charge is 0.478 e. The molecule has 25 heavy (non-hydrogen) atoms. The van der Waals surface area contributed by atoms with Gasteiger partial charge in [-0.2, -0.15) is 0 Å². The van der Waals surface area contributed by atoms with Crippen LogP contribution in [0.25, 0.3) is 22.2 Å². The number of pyridine rings is 1. The standard InChI is InChI=1S/C21H20N2O2/c1-14-4-9-19-17(12-14)18(21(24)25)13-20(22-19)15-5-7-16(8-6-15)23-10-2-3-11-23/h4-9,12-13H,2-3,10-11H2,1H3,(H,24,25). The topological polar surface area (TPSA) is 53.4 Å². The first-order valence-electron chi connectivity index (χ1n) is 8.62. The van der Waals surface area contributed by atoms with E-state index in [-0.39, 0.29) is 0 Å². The van der Waals surface area contributed by atoms with Crippen molar-refractivity contribution in [3.8, 4) is 11.3 Å². The number of aromatic carboxylic acids is 1. The Balaban J connectivity index is 1.78. The SMILES string of the molecule is Cc1ccc2nc(-c3ccc(N4CCCC4)cc3)cc(C(=O)O)c2c1. The maximum atomic E-state index is 11.7. The van der Waals surface area contributed by atoms with Gasteiger partial charge in [0.05, 0.1) is 16.8 Å². The van der Waals surface area contributed by atoms with Crippen molar-refractivity contribution in [3.63, 3.8) is 0 Å². The summed E-state index contributed by atoms with van der Waals surface area (Å²) in [6, 6.07) is 15.7. The molecule has 2 aromatic carbocycles. The predicted octanol–water partition coefficient (Wildman–Crippen LogP) is 4.51. The van der Waals surface area contributed by atoms with Crippen molar-refractivity contribution in [1.29, 1.82) is 0 Å². The molecule has 1 aromatic heterocycles. The minimum Gasteiger partial charge on any atom is -0.478 e. The van der Waals surface area contributed by atoms with Crippen molar-refractivity contribution in [2.24, 2.45) is 0 Å². The number of hydrogen-bond acceptors (Lipinski definition) is 3. The van der Waals surface area contributed by atoms with E-state index in [9.17, 15) is 9.90 Å². The summed E-state index contributed by atoms with van der Waals surface area (Å²) in [5.41, 5.74) is 4.89. The van der Waals surface area contributed by atoms with E-state index in [1.807, 2.05) is 37.3 Å². The lowest BCUT2D eigenvalue weighted by Gasteiger charge is -2.17. The minimum atomic E-state index is -0.923. The number of aryl methyl sites for hydroxylation is 1. The van der Waals surface area contributed by atoms with E-state index in [0.29, 0.717) is 22.2 Å². The molecule has 0 unspecified atom stereocenters. The third kappa shape index (κ3) is 2.95. The molecule has 0 saturated carbocycles. The van der Waals surface area contributed by atoms with Gasteiger partial charge in [-0.15, -0.1) is 0 Å². The zero-order valence-electron chi connectivity index (χ0n) is 14.2. The smallest absolute Gasteiger partial charge is 0.336 e. The lowest BCUT2D eigenvalue weighted by Crippen LogP contribution is -2.17. The predicted molar refractivity (Wildman–Crippen MR) is 100 cm³/mol. The molecular formula is C21H20N2O2. The second-order valence-corrected chi connectivity index (χ2v) is 6.62. The number of aromatic nitrogens is 1. The first-order valence-corrected chi connectivity index (χ1v) is 8.62. The van der Waals surface area contributed by atoms with Crippen LogP contribution >= 0.6 is 0 Å². The lowest BCUT2D eigenvalue weighted by molar-refractivity contribution is 0.0699. The zero-order valence-corrected chi connectivity index (χ0v) is 14.2. The molecule has 4 heteroatoms. The number of rotatable bonds is 3. The van der Waals surface area contributed by atoms with Crippen molar-refractivity contribution in [3.05, 3.63) is 59.7 Å². The number of hydrogen-bond donors (Lipinski definition) is 1. The van der Waals surface area contributed by atoms with Crippen LogP contribution < -0.4 is 4.90 Å². The van der Waals surface area contributed by atoms with Crippen LogP contribution in [0.2, 0.25) is 0 Å². The quantitative estimate of drug-likeness (QED) is 0.767. The Morgan fingerprint density at radius 1 is 1.04 bits per heavy atom. The maximum Gasteiger partial charge on any atom is 0.336 e. The number of nitrogens with zero attached hydrogens (tertiary/aromatic N) is 2. The molecule has 1 aliphatic rings. The van der Waals surface area contributed by atoms with Crippen LogP contribution in [0.15, 0.2) is 48.5 Å². The Morgan fingerprint density at radius 2 is 1.76 bits per heavy atom. The highest BCUT2D eigenvalue weighted by Gasteiger charge is 2.15. The van der Waals surface area contributed by atoms with Crippen molar-refractivity contribution in [1.82, 2.24) is 4.98 Å². The molecule has 126 valence electrons. The Morgan fingerprint density at radius 3 is 2.44 bits per heavy atom. The van der Waals surface area contributed by atoms with E-state index < -0.39 is 5.97 Å². The minimum absolute atomic E-state index is 0.298. The number of carboxylic acid groups (broad SMARTS) is 1. The summed E-state index contributed by atoms with van der Waals surface area (Å²) in [4.78, 5) is 18.8. The lowest BCUT2D eigenvalue weighted by atomic mass is 10.0. The van der Waals surface area contributed by atoms with Crippen LogP contribution in [-0.2, 0) is 0 Å². The third-order valence-corrected chi connectivity index (χ3v) is 4.83. The summed E-state index contributed by atoms with van der Waals surface area (Å²) in [6.45, 7) is 4.17. The van der Waals surface area contributed by atoms with Gasteiger partial charge in [-0.1, -0.05) is 23.8 Å². The van der Waals surface area contributed by atoms with Gasteiger partial charge in [-0.05, 0) is 50.1 Å². The second-order valence-electron chi connectivity index (χ2n) is 6.62. The molecule has 0 amide bonds. The zero-order chi connectivity index (χ0) is 17.4. The fourth-order valence-corrected chi connectivity index (χ4v) is 3.48. The van der Waals surface area contributed by atoms with Gasteiger partial charge in [0.2, 0.25) is 0 Å². The molecule has 0 bridgehead atoms. The number of fused-ring (bicyclic) bond motifs is 1. The van der Waals surface area contributed by atoms with Crippen LogP contribution in [0.5, 0.6) is 0 Å². The number of carbonyl (C=O) groups is 1. The van der Waals surface area contributed by atoms with Gasteiger partial charge in [-0.3, -0.25) is 0 Å². The molecule has 1 saturated heterocycles. The Bertz CT molecular complexity index is 942. The van der Waals surface area contributed by atoms with Gasteiger partial charge in [0, 0.05) is 29.7 Å². The molecule has 4 rings (SSSR count). The average Bonchev–Trinajstić information content (AvgIpc) is 3.15. The van der Waals surface area contributed by atoms with Gasteiger partial charge in [0.1, 0.15) is 0 Å². The summed E-state index contributed by atoms with van der Waals surface area (Å²) in [5, 5.41) is 10.3. The molecular weight excluding hydrogens is 312 g/mol. The van der Waals surface area contributed by atoms with E-state index in [2.05, 4.69) is 22.0 Å². The molecule has 1 aliphatic heterocycles. The number of carboxylic acids is 1. The Hall–Kier alpha value is -2.88. The summed E-state index contributed by atoms with van der Waals surface area (Å²) < 4.78 is 0. The first kappa shape index (κ1) is 15.6. The molecule has 1 N–H and O–H groups in total. The van der Waals surface area contributed by atoms with Gasteiger partial charge in [0.15, 0.2) is 0 Å². The fraction of sp³-hybridized carbons (Fsp3) is 0.238. The van der Waals surface area contributed by atoms with Crippen molar-refractivity contribution in [2.75, 3.05) is 18.0 Å². The van der Waals surface area contributed by atoms with Gasteiger partial charge >= 0.3 is 5.97 Å². The molecule has 1 fully saturated rings. The summed E-state index contributed by atoms with van der Waals surface area (Å²) >= 11 is 0. The monoisotopic (exact) mass is 332 g/mol. The van der Waals surface area contributed by atoms with E-state index in [4.69, 9.17) is 0 Å². The first-order chi connectivity index (χ1) is 12.1. The van der Waals surface area contributed by atoms with E-state index in [1.54, 1.807) is 6.07 Å². The van der Waals surface area contributed by atoms with Crippen LogP contribution in [0.4, 0.5) is 5.69 Å². The summed E-state index contributed by atoms with van der Waals surface area (Å²) in [7, 11) is 0. The molecule has 0 atom stereocenters. The Labute approximate surface area is 146 Å². The molecule has 0 radical (unpaired) electrons. The highest BCUT2D eigenvalue weighted by molar-refractivity contribution is 6.04. The van der Waals surface area contributed by atoms with E-state index in [0.717, 1.165) is 24.2 Å².